The zero-order valence-electron chi connectivity index (χ0n) is 15.1. The van der Waals surface area contributed by atoms with Crippen LogP contribution in [0, 0.1) is 0 Å². The molecule has 0 saturated heterocycles. The standard InChI is InChI=1S/2C9H12O3S/c2*1-7(2)8-5-3-4-6-9(8)13(10,11)12/h2*3-7H,1-2H3,(H,10,11,12). The van der Waals surface area contributed by atoms with Gasteiger partial charge in [-0.15, -0.1) is 0 Å². The van der Waals surface area contributed by atoms with Gasteiger partial charge in [0.05, 0.1) is 9.79 Å². The second kappa shape index (κ2) is 8.77. The normalized spacial score (nSPS) is 12.0. The molecule has 0 saturated carbocycles. The molecule has 6 nitrogen and oxygen atoms in total. The summed E-state index contributed by atoms with van der Waals surface area (Å²) in [5, 5.41) is 0. The van der Waals surface area contributed by atoms with Crippen molar-refractivity contribution >= 4 is 20.2 Å². The van der Waals surface area contributed by atoms with Gasteiger partial charge in [-0.25, -0.2) is 0 Å². The summed E-state index contributed by atoms with van der Waals surface area (Å²) in [4.78, 5) is 0.00926. The first kappa shape index (κ1) is 22.3. The summed E-state index contributed by atoms with van der Waals surface area (Å²) in [6.45, 7) is 7.52. The fourth-order valence-corrected chi connectivity index (χ4v) is 4.09. The first-order chi connectivity index (χ1) is 11.9. The van der Waals surface area contributed by atoms with Crippen molar-refractivity contribution in [2.45, 2.75) is 49.3 Å². The van der Waals surface area contributed by atoms with E-state index in [2.05, 4.69) is 0 Å². The van der Waals surface area contributed by atoms with Crippen LogP contribution >= 0.6 is 0 Å². The average molecular weight is 401 g/mol. The quantitative estimate of drug-likeness (QED) is 0.748. The third kappa shape index (κ3) is 6.21. The van der Waals surface area contributed by atoms with Crippen LogP contribution in [0.25, 0.3) is 0 Å². The van der Waals surface area contributed by atoms with Crippen LogP contribution in [0.15, 0.2) is 58.3 Å². The van der Waals surface area contributed by atoms with Gasteiger partial charge in [0.15, 0.2) is 0 Å². The molecular formula is C18H24O6S2. The highest BCUT2D eigenvalue weighted by atomic mass is 32.2. The molecule has 0 unspecified atom stereocenters. The maximum Gasteiger partial charge on any atom is 0.294 e. The number of hydrogen-bond acceptors (Lipinski definition) is 4. The van der Waals surface area contributed by atoms with Crippen molar-refractivity contribution in [2.24, 2.45) is 0 Å². The fourth-order valence-electron chi connectivity index (χ4n) is 2.38. The summed E-state index contributed by atoms with van der Waals surface area (Å²) in [5.41, 5.74) is 1.29. The minimum absolute atomic E-state index is 0.00463. The van der Waals surface area contributed by atoms with Crippen LogP contribution in [0.2, 0.25) is 0 Å². The van der Waals surface area contributed by atoms with E-state index in [0.717, 1.165) is 0 Å². The molecule has 0 atom stereocenters. The van der Waals surface area contributed by atoms with Crippen molar-refractivity contribution in [1.82, 2.24) is 0 Å². The maximum absolute atomic E-state index is 10.9. The van der Waals surface area contributed by atoms with E-state index in [9.17, 15) is 16.8 Å². The molecule has 0 aliphatic rings. The summed E-state index contributed by atoms with van der Waals surface area (Å²) in [7, 11) is -8.16. The summed E-state index contributed by atoms with van der Waals surface area (Å²) in [5.74, 6) is 0.163. The second-order valence-electron chi connectivity index (χ2n) is 6.34. The minimum atomic E-state index is -4.08. The Labute approximate surface area is 155 Å². The summed E-state index contributed by atoms with van der Waals surface area (Å²) in [6, 6.07) is 12.9. The van der Waals surface area contributed by atoms with Crippen LogP contribution in [0.3, 0.4) is 0 Å². The molecule has 0 heterocycles. The highest BCUT2D eigenvalue weighted by molar-refractivity contribution is 7.86. The Morgan fingerprint density at radius 3 is 1.08 bits per heavy atom. The highest BCUT2D eigenvalue weighted by Gasteiger charge is 2.16. The zero-order chi connectivity index (χ0) is 20.1. The highest BCUT2D eigenvalue weighted by Crippen LogP contribution is 2.23. The largest absolute Gasteiger partial charge is 0.294 e. The summed E-state index contributed by atoms with van der Waals surface area (Å²) in [6.07, 6.45) is 0. The molecule has 144 valence electrons. The van der Waals surface area contributed by atoms with E-state index in [0.29, 0.717) is 11.1 Å². The van der Waals surface area contributed by atoms with Crippen molar-refractivity contribution in [2.75, 3.05) is 0 Å². The smallest absolute Gasteiger partial charge is 0.282 e. The van der Waals surface area contributed by atoms with Crippen LogP contribution in [0.4, 0.5) is 0 Å². The summed E-state index contributed by atoms with van der Waals surface area (Å²) < 4.78 is 61.4. The molecule has 0 aliphatic heterocycles. The maximum atomic E-state index is 10.9. The van der Waals surface area contributed by atoms with Gasteiger partial charge in [-0.3, -0.25) is 9.11 Å². The van der Waals surface area contributed by atoms with Gasteiger partial charge in [-0.05, 0) is 35.1 Å². The van der Waals surface area contributed by atoms with Crippen molar-refractivity contribution in [3.8, 4) is 0 Å². The zero-order valence-corrected chi connectivity index (χ0v) is 16.8. The lowest BCUT2D eigenvalue weighted by Crippen LogP contribution is -2.03. The molecule has 2 aromatic rings. The van der Waals surface area contributed by atoms with Gasteiger partial charge in [0.1, 0.15) is 0 Å². The monoisotopic (exact) mass is 400 g/mol. The number of hydrogen-bond donors (Lipinski definition) is 2. The van der Waals surface area contributed by atoms with E-state index in [1.807, 2.05) is 27.7 Å². The molecule has 8 heteroatoms. The van der Waals surface area contributed by atoms with Crippen molar-refractivity contribution in [1.29, 1.82) is 0 Å². The van der Waals surface area contributed by atoms with Gasteiger partial charge >= 0.3 is 0 Å². The van der Waals surface area contributed by atoms with Gasteiger partial charge in [-0.2, -0.15) is 16.8 Å². The van der Waals surface area contributed by atoms with Gasteiger partial charge in [0.2, 0.25) is 0 Å². The van der Waals surface area contributed by atoms with Gasteiger partial charge in [0, 0.05) is 0 Å². The first-order valence-corrected chi connectivity index (χ1v) is 10.9. The number of rotatable bonds is 4. The van der Waals surface area contributed by atoms with Crippen LogP contribution in [-0.2, 0) is 20.2 Å². The lowest BCUT2D eigenvalue weighted by molar-refractivity contribution is 0.479. The molecule has 26 heavy (non-hydrogen) atoms. The van der Waals surface area contributed by atoms with E-state index in [1.165, 1.54) is 12.1 Å². The molecule has 0 fully saturated rings. The Balaban J connectivity index is 0.000000260. The predicted octanol–water partition coefficient (Wildman–Crippen LogP) is 4.11. The Morgan fingerprint density at radius 2 is 0.885 bits per heavy atom. The molecule has 0 aromatic heterocycles. The first-order valence-electron chi connectivity index (χ1n) is 7.98. The van der Waals surface area contributed by atoms with Gasteiger partial charge < -0.3 is 0 Å². The molecule has 0 bridgehead atoms. The van der Waals surface area contributed by atoms with Crippen molar-refractivity contribution < 1.29 is 25.9 Å². The van der Waals surface area contributed by atoms with Crippen molar-refractivity contribution in [3.63, 3.8) is 0 Å². The van der Waals surface area contributed by atoms with E-state index in [-0.39, 0.29) is 21.6 Å². The Morgan fingerprint density at radius 1 is 0.615 bits per heavy atom. The van der Waals surface area contributed by atoms with Gasteiger partial charge in [0.25, 0.3) is 20.2 Å². The second-order valence-corrected chi connectivity index (χ2v) is 9.12. The Kier molecular flexibility index (Phi) is 7.52. The van der Waals surface area contributed by atoms with E-state index in [1.54, 1.807) is 36.4 Å². The minimum Gasteiger partial charge on any atom is -0.282 e. The van der Waals surface area contributed by atoms with Crippen LogP contribution in [-0.4, -0.2) is 25.9 Å². The lowest BCUT2D eigenvalue weighted by atomic mass is 10.0. The predicted molar refractivity (Wildman–Crippen MR) is 101 cm³/mol. The molecule has 2 rings (SSSR count). The fraction of sp³-hybridized carbons (Fsp3) is 0.333. The molecule has 0 radical (unpaired) electrons. The molecule has 2 aromatic carbocycles. The van der Waals surface area contributed by atoms with Crippen LogP contribution < -0.4 is 0 Å². The van der Waals surface area contributed by atoms with E-state index >= 15 is 0 Å². The molecule has 0 aliphatic carbocycles. The Hall–Kier alpha value is -1.74. The lowest BCUT2D eigenvalue weighted by Gasteiger charge is -2.09. The Bertz CT molecular complexity index is 866. The summed E-state index contributed by atoms with van der Waals surface area (Å²) >= 11 is 0. The topological polar surface area (TPSA) is 109 Å². The van der Waals surface area contributed by atoms with Crippen LogP contribution in [0.5, 0.6) is 0 Å². The molecule has 2 N–H and O–H groups in total. The van der Waals surface area contributed by atoms with Gasteiger partial charge in [-0.1, -0.05) is 64.1 Å². The SMILES string of the molecule is CC(C)c1ccccc1S(=O)(=O)O.CC(C)c1ccccc1S(=O)(=O)O. The molecule has 0 spiro atoms. The third-order valence-electron chi connectivity index (χ3n) is 3.64. The van der Waals surface area contributed by atoms with Crippen molar-refractivity contribution in [3.05, 3.63) is 59.7 Å². The average Bonchev–Trinajstić information content (AvgIpc) is 2.54. The number of benzene rings is 2. The molecule has 0 amide bonds. The van der Waals surface area contributed by atoms with E-state index < -0.39 is 20.2 Å². The molecular weight excluding hydrogens is 376 g/mol. The van der Waals surface area contributed by atoms with Crippen LogP contribution in [0.1, 0.15) is 50.7 Å². The third-order valence-corrected chi connectivity index (χ3v) is 5.49. The van der Waals surface area contributed by atoms with E-state index in [4.69, 9.17) is 9.11 Å².